The van der Waals surface area contributed by atoms with Crippen LogP contribution < -0.4 is 10.6 Å². The third-order valence-electron chi connectivity index (χ3n) is 3.05. The molecule has 0 saturated heterocycles. The van der Waals surface area contributed by atoms with E-state index in [0.717, 1.165) is 11.3 Å². The molecule has 0 aliphatic rings. The maximum absolute atomic E-state index is 12.1. The number of aryl methyl sites for hydroxylation is 1. The SMILES string of the molecule is Cc1cccc(CNC(=O)c2ccc(NC(C)(C)C)cn2)c1. The Hall–Kier alpha value is -2.36. The molecule has 1 heterocycles. The molecule has 2 rings (SSSR count). The summed E-state index contributed by atoms with van der Waals surface area (Å²) in [7, 11) is 0. The van der Waals surface area contributed by atoms with Crippen LogP contribution in [0.15, 0.2) is 42.6 Å². The van der Waals surface area contributed by atoms with Gasteiger partial charge in [-0.15, -0.1) is 0 Å². The van der Waals surface area contributed by atoms with E-state index in [2.05, 4.69) is 42.5 Å². The van der Waals surface area contributed by atoms with Crippen molar-refractivity contribution >= 4 is 11.6 Å². The van der Waals surface area contributed by atoms with Crippen molar-refractivity contribution in [1.82, 2.24) is 10.3 Å². The van der Waals surface area contributed by atoms with Crippen LogP contribution in [0.1, 0.15) is 42.4 Å². The average molecular weight is 297 g/mol. The van der Waals surface area contributed by atoms with E-state index in [4.69, 9.17) is 0 Å². The van der Waals surface area contributed by atoms with Gasteiger partial charge in [-0.3, -0.25) is 4.79 Å². The quantitative estimate of drug-likeness (QED) is 0.907. The molecule has 4 heteroatoms. The van der Waals surface area contributed by atoms with E-state index < -0.39 is 0 Å². The van der Waals surface area contributed by atoms with Gasteiger partial charge in [0.25, 0.3) is 5.91 Å². The number of anilines is 1. The van der Waals surface area contributed by atoms with E-state index >= 15 is 0 Å². The zero-order valence-electron chi connectivity index (χ0n) is 13.6. The molecule has 0 bridgehead atoms. The zero-order chi connectivity index (χ0) is 16.2. The summed E-state index contributed by atoms with van der Waals surface area (Å²) in [6.07, 6.45) is 1.69. The third-order valence-corrected chi connectivity index (χ3v) is 3.05. The Morgan fingerprint density at radius 2 is 1.95 bits per heavy atom. The van der Waals surface area contributed by atoms with Crippen LogP contribution in [0.5, 0.6) is 0 Å². The van der Waals surface area contributed by atoms with Gasteiger partial charge in [0.1, 0.15) is 5.69 Å². The Morgan fingerprint density at radius 3 is 2.55 bits per heavy atom. The minimum Gasteiger partial charge on any atom is -0.379 e. The Kier molecular flexibility index (Phi) is 4.81. The van der Waals surface area contributed by atoms with E-state index in [1.54, 1.807) is 12.3 Å². The minimum absolute atomic E-state index is 0.0311. The fourth-order valence-electron chi connectivity index (χ4n) is 2.13. The number of aromatic nitrogens is 1. The summed E-state index contributed by atoms with van der Waals surface area (Å²) in [6, 6.07) is 11.7. The number of carbonyl (C=O) groups excluding carboxylic acids is 1. The molecule has 1 aromatic heterocycles. The number of hydrogen-bond acceptors (Lipinski definition) is 3. The molecule has 22 heavy (non-hydrogen) atoms. The number of hydrogen-bond donors (Lipinski definition) is 2. The Bertz CT molecular complexity index is 642. The van der Waals surface area contributed by atoms with Crippen LogP contribution in [0.4, 0.5) is 5.69 Å². The predicted molar refractivity (Wildman–Crippen MR) is 90.0 cm³/mol. The lowest BCUT2D eigenvalue weighted by Crippen LogP contribution is -2.26. The van der Waals surface area contributed by atoms with Gasteiger partial charge in [-0.2, -0.15) is 0 Å². The van der Waals surface area contributed by atoms with Gasteiger partial charge in [0.15, 0.2) is 0 Å². The number of carbonyl (C=O) groups is 1. The highest BCUT2D eigenvalue weighted by Gasteiger charge is 2.11. The van der Waals surface area contributed by atoms with Crippen molar-refractivity contribution in [2.75, 3.05) is 5.32 Å². The van der Waals surface area contributed by atoms with Crippen molar-refractivity contribution in [3.63, 3.8) is 0 Å². The minimum atomic E-state index is -0.163. The molecule has 0 aliphatic carbocycles. The van der Waals surface area contributed by atoms with Gasteiger partial charge in [0.2, 0.25) is 0 Å². The van der Waals surface area contributed by atoms with E-state index in [9.17, 15) is 4.79 Å². The fourth-order valence-corrected chi connectivity index (χ4v) is 2.13. The molecule has 1 aromatic carbocycles. The van der Waals surface area contributed by atoms with Gasteiger partial charge < -0.3 is 10.6 Å². The second-order valence-electron chi connectivity index (χ2n) is 6.48. The maximum Gasteiger partial charge on any atom is 0.270 e. The lowest BCUT2D eigenvalue weighted by molar-refractivity contribution is 0.0946. The third kappa shape index (κ3) is 4.88. The standard InChI is InChI=1S/C18H23N3O/c1-13-6-5-7-14(10-13)11-20-17(22)16-9-8-15(12-19-16)21-18(2,3)4/h5-10,12,21H,11H2,1-4H3,(H,20,22). The smallest absolute Gasteiger partial charge is 0.270 e. The molecule has 2 N–H and O–H groups in total. The predicted octanol–water partition coefficient (Wildman–Crippen LogP) is 3.53. The topological polar surface area (TPSA) is 54.0 Å². The van der Waals surface area contributed by atoms with Crippen LogP contribution in [-0.2, 0) is 6.54 Å². The van der Waals surface area contributed by atoms with Crippen molar-refractivity contribution in [1.29, 1.82) is 0 Å². The summed E-state index contributed by atoms with van der Waals surface area (Å²) in [5.74, 6) is -0.163. The van der Waals surface area contributed by atoms with Gasteiger partial charge >= 0.3 is 0 Å². The van der Waals surface area contributed by atoms with Crippen LogP contribution in [0.3, 0.4) is 0 Å². The Balaban J connectivity index is 1.95. The first kappa shape index (κ1) is 16.0. The molecule has 0 saturated carbocycles. The van der Waals surface area contributed by atoms with Crippen LogP contribution >= 0.6 is 0 Å². The molecular formula is C18H23N3O. The zero-order valence-corrected chi connectivity index (χ0v) is 13.6. The van der Waals surface area contributed by atoms with Crippen molar-refractivity contribution in [2.45, 2.75) is 39.8 Å². The molecular weight excluding hydrogens is 274 g/mol. The Labute approximate surface area is 132 Å². The van der Waals surface area contributed by atoms with E-state index in [1.165, 1.54) is 5.56 Å². The summed E-state index contributed by atoms with van der Waals surface area (Å²) in [5.41, 5.74) is 3.56. The van der Waals surface area contributed by atoms with Crippen LogP contribution in [-0.4, -0.2) is 16.4 Å². The van der Waals surface area contributed by atoms with E-state index in [0.29, 0.717) is 12.2 Å². The van der Waals surface area contributed by atoms with E-state index in [-0.39, 0.29) is 11.4 Å². The highest BCUT2D eigenvalue weighted by molar-refractivity contribution is 5.92. The van der Waals surface area contributed by atoms with Crippen LogP contribution in [0.2, 0.25) is 0 Å². The number of rotatable bonds is 4. The maximum atomic E-state index is 12.1. The van der Waals surface area contributed by atoms with Crippen molar-refractivity contribution in [3.8, 4) is 0 Å². The second-order valence-corrected chi connectivity index (χ2v) is 6.48. The van der Waals surface area contributed by atoms with Gasteiger partial charge in [0.05, 0.1) is 11.9 Å². The monoisotopic (exact) mass is 297 g/mol. The highest BCUT2D eigenvalue weighted by Crippen LogP contribution is 2.13. The number of pyridine rings is 1. The number of benzene rings is 1. The van der Waals surface area contributed by atoms with Gasteiger partial charge in [-0.05, 0) is 45.4 Å². The average Bonchev–Trinajstić information content (AvgIpc) is 2.44. The molecule has 116 valence electrons. The lowest BCUT2D eigenvalue weighted by Gasteiger charge is -2.21. The summed E-state index contributed by atoms with van der Waals surface area (Å²) in [5, 5.41) is 6.21. The number of amides is 1. The highest BCUT2D eigenvalue weighted by atomic mass is 16.1. The van der Waals surface area contributed by atoms with Crippen LogP contribution in [0, 0.1) is 6.92 Å². The first-order valence-corrected chi connectivity index (χ1v) is 7.41. The molecule has 0 fully saturated rings. The lowest BCUT2D eigenvalue weighted by atomic mass is 10.1. The molecule has 0 spiro atoms. The Morgan fingerprint density at radius 1 is 1.18 bits per heavy atom. The van der Waals surface area contributed by atoms with E-state index in [1.807, 2.05) is 31.2 Å². The molecule has 1 amide bonds. The number of nitrogens with zero attached hydrogens (tertiary/aromatic N) is 1. The van der Waals surface area contributed by atoms with Gasteiger partial charge in [-0.1, -0.05) is 29.8 Å². The van der Waals surface area contributed by atoms with Crippen LogP contribution in [0.25, 0.3) is 0 Å². The molecule has 2 aromatic rings. The van der Waals surface area contributed by atoms with Gasteiger partial charge in [-0.25, -0.2) is 4.98 Å². The second kappa shape index (κ2) is 6.60. The number of nitrogens with one attached hydrogen (secondary N) is 2. The summed E-state index contributed by atoms with van der Waals surface area (Å²) >= 11 is 0. The first-order chi connectivity index (χ1) is 10.3. The summed E-state index contributed by atoms with van der Waals surface area (Å²) in [6.45, 7) is 8.78. The van der Waals surface area contributed by atoms with Crippen molar-refractivity contribution < 1.29 is 4.79 Å². The normalized spacial score (nSPS) is 11.1. The largest absolute Gasteiger partial charge is 0.379 e. The van der Waals surface area contributed by atoms with Crippen molar-refractivity contribution in [3.05, 3.63) is 59.4 Å². The molecule has 0 aliphatic heterocycles. The van der Waals surface area contributed by atoms with Gasteiger partial charge in [0, 0.05) is 12.1 Å². The first-order valence-electron chi connectivity index (χ1n) is 7.41. The van der Waals surface area contributed by atoms with Crippen molar-refractivity contribution in [2.24, 2.45) is 0 Å². The molecule has 4 nitrogen and oxygen atoms in total. The molecule has 0 unspecified atom stereocenters. The summed E-state index contributed by atoms with van der Waals surface area (Å²) in [4.78, 5) is 16.3. The molecule has 0 radical (unpaired) electrons. The fraction of sp³-hybridized carbons (Fsp3) is 0.333. The molecule has 0 atom stereocenters. The summed E-state index contributed by atoms with van der Waals surface area (Å²) < 4.78 is 0.